The Morgan fingerprint density at radius 1 is 1.03 bits per heavy atom. The summed E-state index contributed by atoms with van der Waals surface area (Å²) < 4.78 is 1.68. The van der Waals surface area contributed by atoms with Gasteiger partial charge in [-0.1, -0.05) is 24.3 Å². The molecule has 6 heteroatoms. The molecule has 0 spiro atoms. The minimum Gasteiger partial charge on any atom is -0.339 e. The zero-order chi connectivity index (χ0) is 21.3. The van der Waals surface area contributed by atoms with E-state index in [2.05, 4.69) is 17.1 Å². The van der Waals surface area contributed by atoms with Crippen LogP contribution in [0.3, 0.4) is 0 Å². The lowest BCUT2D eigenvalue weighted by atomic mass is 9.92. The van der Waals surface area contributed by atoms with Gasteiger partial charge in [-0.25, -0.2) is 14.5 Å². The third-order valence-electron chi connectivity index (χ3n) is 6.23. The second-order valence-electron chi connectivity index (χ2n) is 8.31. The molecule has 1 N–H and O–H groups in total. The summed E-state index contributed by atoms with van der Waals surface area (Å²) in [6.45, 7) is 7.55. The number of hydrogen-bond donors (Lipinski definition) is 1. The molecule has 3 aromatic rings. The fourth-order valence-electron chi connectivity index (χ4n) is 4.18. The Balaban J connectivity index is 1.44. The van der Waals surface area contributed by atoms with Crippen molar-refractivity contribution in [3.8, 4) is 5.69 Å². The Morgan fingerprint density at radius 2 is 1.77 bits per heavy atom. The number of nitrogens with one attached hydrogen (secondary N) is 1. The summed E-state index contributed by atoms with van der Waals surface area (Å²) in [6.07, 6.45) is 2.54. The average Bonchev–Trinajstić information content (AvgIpc) is 3.10. The van der Waals surface area contributed by atoms with Crippen molar-refractivity contribution in [2.75, 3.05) is 13.1 Å². The third-order valence-corrected chi connectivity index (χ3v) is 6.23. The molecule has 1 aliphatic heterocycles. The normalized spacial score (nSPS) is 14.8. The zero-order valence-electron chi connectivity index (χ0n) is 17.8. The van der Waals surface area contributed by atoms with Crippen molar-refractivity contribution in [3.05, 3.63) is 81.0 Å². The van der Waals surface area contributed by atoms with Crippen molar-refractivity contribution in [1.82, 2.24) is 19.7 Å². The minimum absolute atomic E-state index is 0.105. The summed E-state index contributed by atoms with van der Waals surface area (Å²) in [7, 11) is 0. The number of amides is 1. The van der Waals surface area contributed by atoms with E-state index in [1.54, 1.807) is 4.57 Å². The number of H-pyrrole nitrogens is 1. The van der Waals surface area contributed by atoms with Crippen molar-refractivity contribution < 1.29 is 4.79 Å². The summed E-state index contributed by atoms with van der Waals surface area (Å²) in [6, 6.07) is 13.7. The fourth-order valence-corrected chi connectivity index (χ4v) is 4.18. The Kier molecular flexibility index (Phi) is 5.57. The molecule has 1 aliphatic rings. The van der Waals surface area contributed by atoms with E-state index in [9.17, 15) is 9.59 Å². The molecule has 2 heterocycles. The highest BCUT2D eigenvalue weighted by Gasteiger charge is 2.26. The molecule has 0 radical (unpaired) electrons. The van der Waals surface area contributed by atoms with E-state index in [1.165, 1.54) is 5.56 Å². The zero-order valence-corrected chi connectivity index (χ0v) is 17.8. The van der Waals surface area contributed by atoms with E-state index >= 15 is 0 Å². The highest BCUT2D eigenvalue weighted by molar-refractivity contribution is 5.94. The van der Waals surface area contributed by atoms with Crippen LogP contribution < -0.4 is 5.69 Å². The molecule has 2 aromatic carbocycles. The summed E-state index contributed by atoms with van der Waals surface area (Å²) in [5.74, 6) is 1.26. The largest absolute Gasteiger partial charge is 0.347 e. The van der Waals surface area contributed by atoms with E-state index in [0.717, 1.165) is 60.6 Å². The molecule has 0 unspecified atom stereocenters. The second-order valence-corrected chi connectivity index (χ2v) is 8.31. The maximum absolute atomic E-state index is 12.9. The molecule has 30 heavy (non-hydrogen) atoms. The third kappa shape index (κ3) is 3.95. The van der Waals surface area contributed by atoms with Crippen LogP contribution in [0.1, 0.15) is 45.7 Å². The molecule has 0 aliphatic carbocycles. The second kappa shape index (κ2) is 8.30. The number of aromatic amines is 1. The number of aromatic nitrogens is 3. The molecule has 4 rings (SSSR count). The quantitative estimate of drug-likeness (QED) is 0.722. The van der Waals surface area contributed by atoms with Crippen LogP contribution in [-0.4, -0.2) is 38.7 Å². The maximum Gasteiger partial charge on any atom is 0.347 e. The smallest absolute Gasteiger partial charge is 0.339 e. The number of piperidine rings is 1. The van der Waals surface area contributed by atoms with E-state index in [1.807, 2.05) is 61.2 Å². The summed E-state index contributed by atoms with van der Waals surface area (Å²) in [4.78, 5) is 27.2. The molecule has 1 saturated heterocycles. The molecular formula is C24H28N4O2. The molecular weight excluding hydrogens is 376 g/mol. The van der Waals surface area contributed by atoms with Gasteiger partial charge in [-0.3, -0.25) is 4.79 Å². The van der Waals surface area contributed by atoms with E-state index in [-0.39, 0.29) is 11.6 Å². The van der Waals surface area contributed by atoms with Crippen LogP contribution in [0.5, 0.6) is 0 Å². The highest BCUT2D eigenvalue weighted by Crippen LogP contribution is 2.24. The lowest BCUT2D eigenvalue weighted by molar-refractivity contribution is 0.0689. The molecule has 1 fully saturated rings. The fraction of sp³-hybridized carbons (Fsp3) is 0.375. The first kappa shape index (κ1) is 20.1. The summed E-state index contributed by atoms with van der Waals surface area (Å²) in [5, 5.41) is 6.90. The number of hydrogen-bond acceptors (Lipinski definition) is 3. The molecule has 6 nitrogen and oxygen atoms in total. The molecule has 0 atom stereocenters. The average molecular weight is 405 g/mol. The van der Waals surface area contributed by atoms with Crippen molar-refractivity contribution in [3.63, 3.8) is 0 Å². The Hall–Kier alpha value is -3.15. The number of para-hydroxylation sites is 1. The number of benzene rings is 2. The van der Waals surface area contributed by atoms with Crippen molar-refractivity contribution >= 4 is 5.91 Å². The predicted octanol–water partition coefficient (Wildman–Crippen LogP) is 3.58. The Labute approximate surface area is 176 Å². The van der Waals surface area contributed by atoms with Gasteiger partial charge < -0.3 is 4.90 Å². The molecule has 0 saturated carbocycles. The van der Waals surface area contributed by atoms with Gasteiger partial charge in [-0.2, -0.15) is 5.10 Å². The van der Waals surface area contributed by atoms with Crippen molar-refractivity contribution in [1.29, 1.82) is 0 Å². The molecule has 1 aromatic heterocycles. The first-order valence-electron chi connectivity index (χ1n) is 10.5. The van der Waals surface area contributed by atoms with Crippen molar-refractivity contribution in [2.45, 2.75) is 40.0 Å². The molecule has 156 valence electrons. The number of nitrogens with zero attached hydrogens (tertiary/aromatic N) is 3. The number of carbonyl (C=O) groups excluding carboxylic acids is 1. The van der Waals surface area contributed by atoms with Gasteiger partial charge in [-0.05, 0) is 74.4 Å². The first-order chi connectivity index (χ1) is 14.4. The van der Waals surface area contributed by atoms with Crippen LogP contribution in [0.15, 0.2) is 47.3 Å². The predicted molar refractivity (Wildman–Crippen MR) is 117 cm³/mol. The number of aryl methyl sites for hydroxylation is 3. The van der Waals surface area contributed by atoms with Crippen LogP contribution in [0.2, 0.25) is 0 Å². The van der Waals surface area contributed by atoms with Gasteiger partial charge in [0.2, 0.25) is 0 Å². The first-order valence-corrected chi connectivity index (χ1v) is 10.5. The maximum atomic E-state index is 12.9. The number of likely N-dealkylation sites (tertiary alicyclic amines) is 1. The number of carbonyl (C=O) groups is 1. The van der Waals surface area contributed by atoms with Crippen molar-refractivity contribution in [2.24, 2.45) is 5.92 Å². The van der Waals surface area contributed by atoms with E-state index in [0.29, 0.717) is 5.92 Å². The van der Waals surface area contributed by atoms with Crippen LogP contribution in [0, 0.1) is 26.7 Å². The lowest BCUT2D eigenvalue weighted by Crippen LogP contribution is -2.39. The van der Waals surface area contributed by atoms with Gasteiger partial charge in [0.05, 0.1) is 5.69 Å². The van der Waals surface area contributed by atoms with Gasteiger partial charge in [0.25, 0.3) is 5.91 Å². The summed E-state index contributed by atoms with van der Waals surface area (Å²) >= 11 is 0. The monoisotopic (exact) mass is 404 g/mol. The topological polar surface area (TPSA) is 71.0 Å². The standard InChI is InChI=1S/C24H28N4O2/c1-16-8-9-20(14-18(16)3)23(29)27-12-10-19(11-13-27)15-22-25-26-24(30)28(22)21-7-5-4-6-17(21)2/h4-9,14,19H,10-13,15H2,1-3H3,(H,26,30). The van der Waals surface area contributed by atoms with Gasteiger partial charge in [0, 0.05) is 25.1 Å². The van der Waals surface area contributed by atoms with E-state index < -0.39 is 0 Å². The van der Waals surface area contributed by atoms with Gasteiger partial charge in [-0.15, -0.1) is 0 Å². The molecule has 0 bridgehead atoms. The number of rotatable bonds is 4. The Morgan fingerprint density at radius 3 is 2.47 bits per heavy atom. The van der Waals surface area contributed by atoms with Gasteiger partial charge in [0.15, 0.2) is 0 Å². The van der Waals surface area contributed by atoms with Gasteiger partial charge >= 0.3 is 5.69 Å². The van der Waals surface area contributed by atoms with E-state index in [4.69, 9.17) is 0 Å². The minimum atomic E-state index is -0.207. The Bertz CT molecular complexity index is 1120. The summed E-state index contributed by atoms with van der Waals surface area (Å²) in [5.41, 5.74) is 4.80. The van der Waals surface area contributed by atoms with Crippen LogP contribution in [-0.2, 0) is 6.42 Å². The van der Waals surface area contributed by atoms with Gasteiger partial charge in [0.1, 0.15) is 5.82 Å². The van der Waals surface area contributed by atoms with Crippen LogP contribution >= 0.6 is 0 Å². The highest BCUT2D eigenvalue weighted by atomic mass is 16.2. The SMILES string of the molecule is Cc1ccc(C(=O)N2CCC(Cc3n[nH]c(=O)n3-c3ccccc3C)CC2)cc1C. The molecule has 1 amide bonds. The lowest BCUT2D eigenvalue weighted by Gasteiger charge is -2.32. The van der Waals surface area contributed by atoms with Crippen LogP contribution in [0.25, 0.3) is 5.69 Å². The van der Waals surface area contributed by atoms with Crippen LogP contribution in [0.4, 0.5) is 0 Å².